The number of carboxylic acid groups (broad SMARTS) is 1. The van der Waals surface area contributed by atoms with Crippen LogP contribution in [-0.4, -0.2) is 53.1 Å². The van der Waals surface area contributed by atoms with Gasteiger partial charge in [-0.1, -0.05) is 26.7 Å². The molecular formula is C17H29N3O4. The summed E-state index contributed by atoms with van der Waals surface area (Å²) in [6.07, 6.45) is 4.06. The van der Waals surface area contributed by atoms with Gasteiger partial charge in [0.15, 0.2) is 0 Å². The number of nitrogens with one attached hydrogen (secondary N) is 2. The quantitative estimate of drug-likeness (QED) is 0.708. The maximum atomic E-state index is 12.6. The van der Waals surface area contributed by atoms with Gasteiger partial charge in [0.1, 0.15) is 5.54 Å². The molecular weight excluding hydrogens is 310 g/mol. The molecule has 1 saturated carbocycles. The lowest BCUT2D eigenvalue weighted by Crippen LogP contribution is -2.56. The molecule has 136 valence electrons. The number of carboxylic acids is 1. The smallest absolute Gasteiger partial charge is 0.329 e. The first-order valence-corrected chi connectivity index (χ1v) is 8.92. The minimum Gasteiger partial charge on any atom is -0.480 e. The van der Waals surface area contributed by atoms with Crippen LogP contribution in [0.15, 0.2) is 0 Å². The topological polar surface area (TPSA) is 98.7 Å². The number of rotatable bonds is 5. The van der Waals surface area contributed by atoms with Crippen LogP contribution < -0.4 is 10.6 Å². The molecule has 3 N–H and O–H groups in total. The van der Waals surface area contributed by atoms with Crippen LogP contribution >= 0.6 is 0 Å². The number of hydrogen-bond acceptors (Lipinski definition) is 3. The third-order valence-corrected chi connectivity index (χ3v) is 4.97. The molecule has 0 aromatic carbocycles. The minimum atomic E-state index is -1.11. The first-order valence-electron chi connectivity index (χ1n) is 8.92. The lowest BCUT2D eigenvalue weighted by Gasteiger charge is -2.34. The molecule has 1 heterocycles. The van der Waals surface area contributed by atoms with Crippen LogP contribution in [-0.2, 0) is 9.59 Å². The van der Waals surface area contributed by atoms with Gasteiger partial charge >= 0.3 is 12.0 Å². The van der Waals surface area contributed by atoms with Crippen LogP contribution in [0.3, 0.4) is 0 Å². The Morgan fingerprint density at radius 1 is 1.21 bits per heavy atom. The molecule has 1 aliphatic carbocycles. The molecule has 24 heavy (non-hydrogen) atoms. The third kappa shape index (κ3) is 4.39. The van der Waals surface area contributed by atoms with Crippen molar-refractivity contribution in [3.05, 3.63) is 0 Å². The van der Waals surface area contributed by atoms with Crippen molar-refractivity contribution in [1.82, 2.24) is 15.5 Å². The van der Waals surface area contributed by atoms with Gasteiger partial charge in [0, 0.05) is 19.6 Å². The summed E-state index contributed by atoms with van der Waals surface area (Å²) in [6, 6.07) is -0.144. The fraction of sp³-hybridized carbons (Fsp3) is 0.824. The molecule has 0 bridgehead atoms. The van der Waals surface area contributed by atoms with Crippen molar-refractivity contribution < 1.29 is 19.5 Å². The second-order valence-corrected chi connectivity index (χ2v) is 7.45. The Hall–Kier alpha value is -1.79. The van der Waals surface area contributed by atoms with Crippen LogP contribution in [0.4, 0.5) is 4.79 Å². The summed E-state index contributed by atoms with van der Waals surface area (Å²) in [5.41, 5.74) is -1.11. The Bertz CT molecular complexity index is 486. The Kier molecular flexibility index (Phi) is 6.07. The molecule has 1 saturated heterocycles. The molecule has 1 unspecified atom stereocenters. The van der Waals surface area contributed by atoms with Crippen LogP contribution in [0.25, 0.3) is 0 Å². The lowest BCUT2D eigenvalue weighted by molar-refractivity contribution is -0.148. The molecule has 0 aromatic heterocycles. The van der Waals surface area contributed by atoms with Gasteiger partial charge in [-0.05, 0) is 31.6 Å². The standard InChI is InChI=1S/C17H29N3O4/c1-12(2)10-18-16(24)20-9-5-6-13(11-20)14(21)19-17(15(22)23)7-3-4-8-17/h12-13H,3-11H2,1-2H3,(H,18,24)(H,19,21)(H,22,23). The van der Waals surface area contributed by atoms with Crippen molar-refractivity contribution >= 4 is 17.9 Å². The Morgan fingerprint density at radius 2 is 1.88 bits per heavy atom. The number of amides is 3. The zero-order valence-electron chi connectivity index (χ0n) is 14.6. The van der Waals surface area contributed by atoms with Gasteiger partial charge in [0.05, 0.1) is 5.92 Å². The van der Waals surface area contributed by atoms with Gasteiger partial charge in [0.25, 0.3) is 0 Å². The van der Waals surface area contributed by atoms with Gasteiger partial charge in [0.2, 0.25) is 5.91 Å². The largest absolute Gasteiger partial charge is 0.480 e. The van der Waals surface area contributed by atoms with Gasteiger partial charge in [-0.3, -0.25) is 4.79 Å². The highest BCUT2D eigenvalue weighted by Crippen LogP contribution is 2.31. The van der Waals surface area contributed by atoms with E-state index >= 15 is 0 Å². The first-order chi connectivity index (χ1) is 11.3. The van der Waals surface area contributed by atoms with E-state index in [9.17, 15) is 19.5 Å². The van der Waals surface area contributed by atoms with E-state index in [1.807, 2.05) is 13.8 Å². The second kappa shape index (κ2) is 7.85. The highest BCUT2D eigenvalue weighted by molar-refractivity contribution is 5.88. The van der Waals surface area contributed by atoms with E-state index < -0.39 is 11.5 Å². The van der Waals surface area contributed by atoms with Crippen LogP contribution in [0, 0.1) is 11.8 Å². The number of urea groups is 1. The third-order valence-electron chi connectivity index (χ3n) is 4.97. The molecule has 0 aromatic rings. The molecule has 2 fully saturated rings. The highest BCUT2D eigenvalue weighted by atomic mass is 16.4. The number of carbonyl (C=O) groups is 3. The average molecular weight is 339 g/mol. The minimum absolute atomic E-state index is 0.144. The summed E-state index contributed by atoms with van der Waals surface area (Å²) in [5, 5.41) is 15.1. The summed E-state index contributed by atoms with van der Waals surface area (Å²) in [5.74, 6) is -1.15. The van der Waals surface area contributed by atoms with E-state index in [0.717, 1.165) is 19.3 Å². The van der Waals surface area contributed by atoms with E-state index in [4.69, 9.17) is 0 Å². The van der Waals surface area contributed by atoms with Crippen molar-refractivity contribution in [1.29, 1.82) is 0 Å². The number of carbonyl (C=O) groups excluding carboxylic acids is 2. The summed E-state index contributed by atoms with van der Waals surface area (Å²) in [4.78, 5) is 38.0. The average Bonchev–Trinajstić information content (AvgIpc) is 3.02. The van der Waals surface area contributed by atoms with Gasteiger partial charge < -0.3 is 20.6 Å². The fourth-order valence-corrected chi connectivity index (χ4v) is 3.49. The molecule has 1 aliphatic heterocycles. The number of hydrogen-bond donors (Lipinski definition) is 3. The zero-order chi connectivity index (χ0) is 17.7. The summed E-state index contributed by atoms with van der Waals surface area (Å²) >= 11 is 0. The predicted octanol–water partition coefficient (Wildman–Crippen LogP) is 1.58. The van der Waals surface area contributed by atoms with Crippen LogP contribution in [0.2, 0.25) is 0 Å². The molecule has 1 atom stereocenters. The molecule has 0 radical (unpaired) electrons. The van der Waals surface area contributed by atoms with E-state index in [2.05, 4.69) is 10.6 Å². The van der Waals surface area contributed by atoms with Crippen molar-refractivity contribution in [3.63, 3.8) is 0 Å². The lowest BCUT2D eigenvalue weighted by atomic mass is 9.93. The van der Waals surface area contributed by atoms with Crippen molar-refractivity contribution in [2.75, 3.05) is 19.6 Å². The van der Waals surface area contributed by atoms with E-state index in [1.165, 1.54) is 0 Å². The van der Waals surface area contributed by atoms with E-state index in [0.29, 0.717) is 44.8 Å². The van der Waals surface area contributed by atoms with Crippen LogP contribution in [0.5, 0.6) is 0 Å². The van der Waals surface area contributed by atoms with Gasteiger partial charge in [-0.15, -0.1) is 0 Å². The van der Waals surface area contributed by atoms with Crippen molar-refractivity contribution in [2.24, 2.45) is 11.8 Å². The highest BCUT2D eigenvalue weighted by Gasteiger charge is 2.44. The molecule has 3 amide bonds. The summed E-state index contributed by atoms with van der Waals surface area (Å²) < 4.78 is 0. The molecule has 7 nitrogen and oxygen atoms in total. The first kappa shape index (κ1) is 18.5. The van der Waals surface area contributed by atoms with E-state index in [1.54, 1.807) is 4.90 Å². The number of likely N-dealkylation sites (tertiary alicyclic amines) is 1. The van der Waals surface area contributed by atoms with E-state index in [-0.39, 0.29) is 17.9 Å². The monoisotopic (exact) mass is 339 g/mol. The number of nitrogens with zero attached hydrogens (tertiary/aromatic N) is 1. The number of piperidine rings is 1. The van der Waals surface area contributed by atoms with Crippen molar-refractivity contribution in [3.8, 4) is 0 Å². The zero-order valence-corrected chi connectivity index (χ0v) is 14.6. The van der Waals surface area contributed by atoms with Crippen LogP contribution in [0.1, 0.15) is 52.4 Å². The van der Waals surface area contributed by atoms with Gasteiger partial charge in [-0.25, -0.2) is 9.59 Å². The Balaban J connectivity index is 1.92. The normalized spacial score (nSPS) is 23.1. The molecule has 2 aliphatic rings. The maximum Gasteiger partial charge on any atom is 0.329 e. The molecule has 0 spiro atoms. The molecule has 7 heteroatoms. The fourth-order valence-electron chi connectivity index (χ4n) is 3.49. The van der Waals surface area contributed by atoms with Gasteiger partial charge in [-0.2, -0.15) is 0 Å². The maximum absolute atomic E-state index is 12.6. The SMILES string of the molecule is CC(C)CNC(=O)N1CCCC(C(=O)NC2(C(=O)O)CCCC2)C1. The summed E-state index contributed by atoms with van der Waals surface area (Å²) in [7, 11) is 0. The Morgan fingerprint density at radius 3 is 2.46 bits per heavy atom. The predicted molar refractivity (Wildman–Crippen MR) is 89.5 cm³/mol. The Labute approximate surface area is 143 Å². The van der Waals surface area contributed by atoms with Crippen molar-refractivity contribution in [2.45, 2.75) is 57.9 Å². The molecule has 2 rings (SSSR count). The number of aliphatic carboxylic acids is 1. The summed E-state index contributed by atoms with van der Waals surface area (Å²) in [6.45, 7) is 5.65. The second-order valence-electron chi connectivity index (χ2n) is 7.45.